The van der Waals surface area contributed by atoms with E-state index in [0.29, 0.717) is 12.0 Å². The van der Waals surface area contributed by atoms with Gasteiger partial charge in [-0.2, -0.15) is 0 Å². The Labute approximate surface area is 108 Å². The maximum atomic E-state index is 10.1. The van der Waals surface area contributed by atoms with Gasteiger partial charge >= 0.3 is 0 Å². The molecule has 1 unspecified atom stereocenters. The number of nitrogens with two attached hydrogens (primary N) is 1. The standard InChI is InChI=1S/C13H21ClN2O/c14-10-2-1-3-12(8-10)16-13(17)9-4-6-11(15)7-5-9/h1-3,9-11,13,16-17H,4-8,15H2/t9?,10?,11?,13-/m1/s1. The first kappa shape index (κ1) is 12.9. The van der Waals surface area contributed by atoms with Crippen LogP contribution in [0.15, 0.2) is 23.9 Å². The van der Waals surface area contributed by atoms with Crippen molar-refractivity contribution in [2.45, 2.75) is 49.8 Å². The Hall–Kier alpha value is -0.510. The summed E-state index contributed by atoms with van der Waals surface area (Å²) in [4.78, 5) is 0. The third-order valence-corrected chi connectivity index (χ3v) is 3.93. The molecule has 0 aromatic heterocycles. The first-order chi connectivity index (χ1) is 8.15. The predicted octanol–water partition coefficient (Wildman–Crippen LogP) is 1.86. The van der Waals surface area contributed by atoms with Gasteiger partial charge in [-0.25, -0.2) is 0 Å². The molecule has 0 spiro atoms. The Balaban J connectivity index is 1.82. The third-order valence-electron chi connectivity index (χ3n) is 3.63. The zero-order chi connectivity index (χ0) is 12.3. The van der Waals surface area contributed by atoms with Crippen molar-refractivity contribution in [2.24, 2.45) is 11.7 Å². The van der Waals surface area contributed by atoms with E-state index in [2.05, 4.69) is 5.32 Å². The highest BCUT2D eigenvalue weighted by atomic mass is 35.5. The van der Waals surface area contributed by atoms with Crippen molar-refractivity contribution in [3.8, 4) is 0 Å². The molecule has 0 aliphatic heterocycles. The van der Waals surface area contributed by atoms with Crippen LogP contribution in [-0.2, 0) is 0 Å². The molecule has 4 heteroatoms. The monoisotopic (exact) mass is 256 g/mol. The predicted molar refractivity (Wildman–Crippen MR) is 70.6 cm³/mol. The van der Waals surface area contributed by atoms with Gasteiger partial charge in [-0.05, 0) is 31.8 Å². The number of aliphatic hydroxyl groups excluding tert-OH is 1. The molecule has 0 aromatic carbocycles. The molecule has 0 aromatic rings. The van der Waals surface area contributed by atoms with Crippen molar-refractivity contribution in [3.05, 3.63) is 23.9 Å². The molecule has 0 saturated heterocycles. The van der Waals surface area contributed by atoms with E-state index in [0.717, 1.165) is 37.8 Å². The van der Waals surface area contributed by atoms with Crippen LogP contribution in [-0.4, -0.2) is 22.8 Å². The van der Waals surface area contributed by atoms with Crippen molar-refractivity contribution >= 4 is 11.6 Å². The van der Waals surface area contributed by atoms with E-state index in [1.165, 1.54) is 0 Å². The molecule has 1 fully saturated rings. The molecule has 2 aliphatic carbocycles. The molecule has 96 valence electrons. The van der Waals surface area contributed by atoms with E-state index in [4.69, 9.17) is 17.3 Å². The molecular formula is C13H21ClN2O. The minimum atomic E-state index is -0.468. The Morgan fingerprint density at radius 3 is 2.71 bits per heavy atom. The SMILES string of the molecule is NC1CCC([C@@H](O)NC2=CC=CC(Cl)C2)CC1. The fourth-order valence-corrected chi connectivity index (χ4v) is 2.76. The van der Waals surface area contributed by atoms with Crippen molar-refractivity contribution in [1.82, 2.24) is 5.32 Å². The van der Waals surface area contributed by atoms with Gasteiger partial charge in [-0.3, -0.25) is 0 Å². The largest absolute Gasteiger partial charge is 0.374 e. The molecule has 4 N–H and O–H groups in total. The van der Waals surface area contributed by atoms with Gasteiger partial charge in [0.1, 0.15) is 6.23 Å². The number of allylic oxidation sites excluding steroid dienone is 4. The van der Waals surface area contributed by atoms with Gasteiger partial charge in [0, 0.05) is 24.1 Å². The van der Waals surface area contributed by atoms with E-state index in [1.54, 1.807) is 0 Å². The zero-order valence-electron chi connectivity index (χ0n) is 9.98. The Morgan fingerprint density at radius 2 is 2.06 bits per heavy atom. The van der Waals surface area contributed by atoms with Crippen LogP contribution in [0, 0.1) is 5.92 Å². The number of alkyl halides is 1. The minimum Gasteiger partial charge on any atom is -0.374 e. The molecule has 2 aliphatic rings. The maximum absolute atomic E-state index is 10.1. The van der Waals surface area contributed by atoms with Crippen molar-refractivity contribution in [2.75, 3.05) is 0 Å². The second-order valence-electron chi connectivity index (χ2n) is 5.06. The van der Waals surface area contributed by atoms with E-state index in [9.17, 15) is 5.11 Å². The first-order valence-electron chi connectivity index (χ1n) is 6.37. The molecule has 0 heterocycles. The molecule has 2 atom stereocenters. The molecule has 0 amide bonds. The first-order valence-corrected chi connectivity index (χ1v) is 6.80. The summed E-state index contributed by atoms with van der Waals surface area (Å²) in [7, 11) is 0. The van der Waals surface area contributed by atoms with Crippen LogP contribution in [0.25, 0.3) is 0 Å². The Morgan fingerprint density at radius 1 is 1.35 bits per heavy atom. The molecule has 2 rings (SSSR count). The minimum absolute atomic E-state index is 0.0366. The molecule has 0 bridgehead atoms. The fourth-order valence-electron chi connectivity index (χ4n) is 2.51. The maximum Gasteiger partial charge on any atom is 0.127 e. The van der Waals surface area contributed by atoms with Gasteiger partial charge in [0.25, 0.3) is 0 Å². The smallest absolute Gasteiger partial charge is 0.127 e. The van der Waals surface area contributed by atoms with Gasteiger partial charge in [0.05, 0.1) is 5.38 Å². The lowest BCUT2D eigenvalue weighted by Gasteiger charge is -2.31. The lowest BCUT2D eigenvalue weighted by Crippen LogP contribution is -2.40. The van der Waals surface area contributed by atoms with E-state index < -0.39 is 6.23 Å². The molecule has 1 saturated carbocycles. The van der Waals surface area contributed by atoms with Crippen molar-refractivity contribution in [3.63, 3.8) is 0 Å². The molecule has 0 radical (unpaired) electrons. The van der Waals surface area contributed by atoms with Gasteiger partial charge in [0.2, 0.25) is 0 Å². The van der Waals surface area contributed by atoms with Crippen LogP contribution in [0.3, 0.4) is 0 Å². The van der Waals surface area contributed by atoms with Gasteiger partial charge in [-0.15, -0.1) is 11.6 Å². The van der Waals surface area contributed by atoms with Crippen LogP contribution in [0.5, 0.6) is 0 Å². The highest BCUT2D eigenvalue weighted by molar-refractivity contribution is 6.22. The summed E-state index contributed by atoms with van der Waals surface area (Å²) in [5.74, 6) is 0.315. The van der Waals surface area contributed by atoms with E-state index in [-0.39, 0.29) is 5.38 Å². The summed E-state index contributed by atoms with van der Waals surface area (Å²) in [6.45, 7) is 0. The van der Waals surface area contributed by atoms with Gasteiger partial charge < -0.3 is 16.2 Å². The summed E-state index contributed by atoms with van der Waals surface area (Å²) in [5, 5.41) is 13.3. The van der Waals surface area contributed by atoms with Crippen LogP contribution in [0.1, 0.15) is 32.1 Å². The van der Waals surface area contributed by atoms with E-state index >= 15 is 0 Å². The fraction of sp³-hybridized carbons (Fsp3) is 0.692. The topological polar surface area (TPSA) is 58.3 Å². The summed E-state index contributed by atoms with van der Waals surface area (Å²) in [6.07, 6.45) is 10.2. The van der Waals surface area contributed by atoms with Crippen molar-refractivity contribution in [1.29, 1.82) is 0 Å². The Bertz CT molecular complexity index is 309. The molecular weight excluding hydrogens is 236 g/mol. The number of nitrogens with one attached hydrogen (secondary N) is 1. The molecule has 3 nitrogen and oxygen atoms in total. The number of hydrogen-bond acceptors (Lipinski definition) is 3. The van der Waals surface area contributed by atoms with E-state index in [1.807, 2.05) is 18.2 Å². The normalized spacial score (nSPS) is 35.2. The second kappa shape index (κ2) is 5.89. The lowest BCUT2D eigenvalue weighted by molar-refractivity contribution is 0.0604. The number of rotatable bonds is 3. The summed E-state index contributed by atoms with van der Waals surface area (Å²) < 4.78 is 0. The number of halogens is 1. The van der Waals surface area contributed by atoms with Crippen LogP contribution < -0.4 is 11.1 Å². The summed E-state index contributed by atoms with van der Waals surface area (Å²) in [5.41, 5.74) is 6.88. The quantitative estimate of drug-likeness (QED) is 0.534. The van der Waals surface area contributed by atoms with Gasteiger partial charge in [-0.1, -0.05) is 12.2 Å². The number of hydrogen-bond donors (Lipinski definition) is 3. The zero-order valence-corrected chi connectivity index (χ0v) is 10.7. The van der Waals surface area contributed by atoms with Crippen LogP contribution in [0.4, 0.5) is 0 Å². The van der Waals surface area contributed by atoms with Crippen LogP contribution in [0.2, 0.25) is 0 Å². The summed E-state index contributed by atoms with van der Waals surface area (Å²) in [6, 6.07) is 0.322. The van der Waals surface area contributed by atoms with Gasteiger partial charge in [0.15, 0.2) is 0 Å². The highest BCUT2D eigenvalue weighted by Gasteiger charge is 2.25. The summed E-state index contributed by atoms with van der Waals surface area (Å²) >= 11 is 6.03. The number of aliphatic hydroxyl groups is 1. The average molecular weight is 257 g/mol. The Kier molecular flexibility index (Phi) is 4.48. The average Bonchev–Trinajstić information content (AvgIpc) is 2.29. The highest BCUT2D eigenvalue weighted by Crippen LogP contribution is 2.26. The molecule has 17 heavy (non-hydrogen) atoms. The third kappa shape index (κ3) is 3.73. The van der Waals surface area contributed by atoms with Crippen LogP contribution >= 0.6 is 11.6 Å². The lowest BCUT2D eigenvalue weighted by atomic mass is 9.85. The second-order valence-corrected chi connectivity index (χ2v) is 5.62. The van der Waals surface area contributed by atoms with Crippen molar-refractivity contribution < 1.29 is 5.11 Å².